The first-order chi connectivity index (χ1) is 23.7. The molecule has 0 spiro atoms. The van der Waals surface area contributed by atoms with Gasteiger partial charge in [-0.2, -0.15) is 0 Å². The van der Waals surface area contributed by atoms with Gasteiger partial charge in [0.15, 0.2) is 17.5 Å². The highest BCUT2D eigenvalue weighted by molar-refractivity contribution is 7.31. The van der Waals surface area contributed by atoms with E-state index in [1.165, 1.54) is 46.4 Å². The third-order valence-electron chi connectivity index (χ3n) is 8.93. The fourth-order valence-corrected chi connectivity index (χ4v) is 9.00. The first-order valence-corrected chi connectivity index (χ1v) is 17.4. The highest BCUT2D eigenvalue weighted by atomic mass is 32.1. The van der Waals surface area contributed by atoms with E-state index in [4.69, 9.17) is 19.9 Å². The average molecular weight is 649 g/mol. The largest absolute Gasteiger partial charge is 0.236 e. The van der Waals surface area contributed by atoms with Crippen LogP contribution in [-0.2, 0) is 0 Å². The number of fused-ring (bicyclic) bond motifs is 8. The van der Waals surface area contributed by atoms with Gasteiger partial charge in [0.05, 0.1) is 14.9 Å². The van der Waals surface area contributed by atoms with Crippen LogP contribution >= 0.6 is 22.7 Å². The highest BCUT2D eigenvalue weighted by Gasteiger charge is 2.17. The lowest BCUT2D eigenvalue weighted by Gasteiger charge is -2.09. The van der Waals surface area contributed by atoms with Gasteiger partial charge in [-0.3, -0.25) is 0 Å². The van der Waals surface area contributed by atoms with Gasteiger partial charge in [0.2, 0.25) is 0 Å². The Labute approximate surface area is 283 Å². The number of aromatic nitrogens is 4. The van der Waals surface area contributed by atoms with Gasteiger partial charge >= 0.3 is 0 Å². The lowest BCUT2D eigenvalue weighted by atomic mass is 10.00. The zero-order valence-electron chi connectivity index (χ0n) is 25.5. The van der Waals surface area contributed by atoms with Gasteiger partial charge in [-0.25, -0.2) is 19.9 Å². The summed E-state index contributed by atoms with van der Waals surface area (Å²) in [5.41, 5.74) is 4.90. The second-order valence-electron chi connectivity index (χ2n) is 11.9. The van der Waals surface area contributed by atoms with Crippen molar-refractivity contribution in [3.05, 3.63) is 146 Å². The normalized spacial score (nSPS) is 11.8. The summed E-state index contributed by atoms with van der Waals surface area (Å²) in [6.07, 6.45) is 0. The molecule has 0 N–H and O–H groups in total. The smallest absolute Gasteiger partial charge is 0.164 e. The zero-order valence-corrected chi connectivity index (χ0v) is 27.1. The van der Waals surface area contributed by atoms with Crippen LogP contribution < -0.4 is 0 Å². The van der Waals surface area contributed by atoms with Crippen molar-refractivity contribution in [3.8, 4) is 44.7 Å². The second-order valence-corrected chi connectivity index (χ2v) is 13.9. The van der Waals surface area contributed by atoms with Gasteiger partial charge in [-0.1, -0.05) is 121 Å². The minimum Gasteiger partial charge on any atom is -0.236 e. The average Bonchev–Trinajstić information content (AvgIpc) is 3.76. The summed E-state index contributed by atoms with van der Waals surface area (Å²) in [6, 6.07) is 50.8. The maximum absolute atomic E-state index is 5.14. The maximum atomic E-state index is 5.14. The first kappa shape index (κ1) is 27.3. The molecule has 0 aliphatic rings. The lowest BCUT2D eigenvalue weighted by Crippen LogP contribution is -2.00. The molecule has 0 bridgehead atoms. The Hall–Kier alpha value is -5.82. The highest BCUT2D eigenvalue weighted by Crippen LogP contribution is 2.44. The molecule has 4 nitrogen and oxygen atoms in total. The van der Waals surface area contributed by atoms with Crippen LogP contribution in [0.4, 0.5) is 0 Å². The molecule has 7 aromatic carbocycles. The van der Waals surface area contributed by atoms with Crippen molar-refractivity contribution in [2.45, 2.75) is 0 Å². The van der Waals surface area contributed by atoms with Crippen molar-refractivity contribution >= 4 is 74.6 Å². The Balaban J connectivity index is 1.10. The van der Waals surface area contributed by atoms with Crippen LogP contribution in [0.15, 0.2) is 146 Å². The molecule has 224 valence electrons. The lowest BCUT2D eigenvalue weighted by molar-refractivity contribution is 1.07. The van der Waals surface area contributed by atoms with Crippen molar-refractivity contribution in [2.75, 3.05) is 0 Å². The number of nitrogens with zero attached hydrogens (tertiary/aromatic N) is 4. The third kappa shape index (κ3) is 4.49. The summed E-state index contributed by atoms with van der Waals surface area (Å²) in [4.78, 5) is 19.9. The van der Waals surface area contributed by atoms with E-state index in [9.17, 15) is 0 Å². The van der Waals surface area contributed by atoms with Crippen molar-refractivity contribution in [2.24, 2.45) is 0 Å². The Morgan fingerprint density at radius 1 is 0.354 bits per heavy atom. The minimum atomic E-state index is 0.636. The van der Waals surface area contributed by atoms with Gasteiger partial charge in [-0.15, -0.1) is 22.7 Å². The molecule has 0 unspecified atom stereocenters. The molecule has 0 aliphatic heterocycles. The molecule has 0 amide bonds. The summed E-state index contributed by atoms with van der Waals surface area (Å²) in [5.74, 6) is 1.94. The standard InChI is InChI=1S/C42H24N4S2/c1-3-11-26(12-4-1)39-44-40(27-13-5-2-6-14-27)46-41(45-39)29-15-9-16-30(22-29)42-43-35-21-20-32-34-24-33-28(19-18-25-10-7-8-17-31(25)33)23-36(34)47-37(32)38(35)48-42/h1-24H. The second kappa shape index (κ2) is 10.9. The summed E-state index contributed by atoms with van der Waals surface area (Å²) in [5, 5.41) is 8.70. The summed E-state index contributed by atoms with van der Waals surface area (Å²) < 4.78 is 3.82. The molecular formula is C42H24N4S2. The molecule has 0 saturated heterocycles. The van der Waals surface area contributed by atoms with Crippen LogP contribution in [0.25, 0.3) is 96.7 Å². The molecule has 0 fully saturated rings. The van der Waals surface area contributed by atoms with Crippen molar-refractivity contribution < 1.29 is 0 Å². The molecule has 0 saturated carbocycles. The predicted octanol–water partition coefficient (Wildman–Crippen LogP) is 11.8. The molecule has 48 heavy (non-hydrogen) atoms. The van der Waals surface area contributed by atoms with E-state index >= 15 is 0 Å². The van der Waals surface area contributed by atoms with Crippen molar-refractivity contribution in [1.82, 2.24) is 19.9 Å². The molecule has 10 rings (SSSR count). The van der Waals surface area contributed by atoms with E-state index in [-0.39, 0.29) is 0 Å². The Morgan fingerprint density at radius 2 is 1.00 bits per heavy atom. The summed E-state index contributed by atoms with van der Waals surface area (Å²) in [6.45, 7) is 0. The van der Waals surface area contributed by atoms with Crippen LogP contribution in [0.2, 0.25) is 0 Å². The fraction of sp³-hybridized carbons (Fsp3) is 0. The maximum Gasteiger partial charge on any atom is 0.164 e. The summed E-state index contributed by atoms with van der Waals surface area (Å²) in [7, 11) is 0. The molecule has 3 heterocycles. The van der Waals surface area contributed by atoms with Gasteiger partial charge < -0.3 is 0 Å². The van der Waals surface area contributed by atoms with Crippen LogP contribution in [-0.4, -0.2) is 19.9 Å². The Kier molecular flexibility index (Phi) is 6.19. The molecule has 0 radical (unpaired) electrons. The van der Waals surface area contributed by atoms with Crippen molar-refractivity contribution in [3.63, 3.8) is 0 Å². The molecule has 3 aromatic heterocycles. The van der Waals surface area contributed by atoms with Gasteiger partial charge in [-0.05, 0) is 45.8 Å². The SMILES string of the molecule is c1ccc(-c2nc(-c3ccccc3)nc(-c3cccc(-c4nc5ccc6c7cc8c(ccc9ccccc98)cc7sc6c5s4)c3)n2)cc1. The topological polar surface area (TPSA) is 51.6 Å². The number of rotatable bonds is 4. The number of thiophene rings is 1. The van der Waals surface area contributed by atoms with E-state index in [0.717, 1.165) is 32.8 Å². The van der Waals surface area contributed by atoms with E-state index in [1.54, 1.807) is 11.3 Å². The molecule has 6 heteroatoms. The molecule has 10 aromatic rings. The molecule has 0 atom stereocenters. The fourth-order valence-electron chi connectivity index (χ4n) is 6.57. The van der Waals surface area contributed by atoms with E-state index in [1.807, 2.05) is 72.0 Å². The predicted molar refractivity (Wildman–Crippen MR) is 203 cm³/mol. The number of benzene rings is 7. The van der Waals surface area contributed by atoms with Gasteiger partial charge in [0, 0.05) is 37.7 Å². The number of hydrogen-bond donors (Lipinski definition) is 0. The van der Waals surface area contributed by atoms with Crippen LogP contribution in [0.5, 0.6) is 0 Å². The van der Waals surface area contributed by atoms with Crippen LogP contribution in [0.1, 0.15) is 0 Å². The first-order valence-electron chi connectivity index (χ1n) is 15.8. The van der Waals surface area contributed by atoms with E-state index in [0.29, 0.717) is 17.5 Å². The van der Waals surface area contributed by atoms with Crippen molar-refractivity contribution in [1.29, 1.82) is 0 Å². The van der Waals surface area contributed by atoms with Gasteiger partial charge in [0.1, 0.15) is 5.01 Å². The monoisotopic (exact) mass is 648 g/mol. The zero-order chi connectivity index (χ0) is 31.6. The van der Waals surface area contributed by atoms with E-state index < -0.39 is 0 Å². The Morgan fingerprint density at radius 3 is 1.77 bits per heavy atom. The molecule has 0 aliphatic carbocycles. The Bertz CT molecular complexity index is 2780. The minimum absolute atomic E-state index is 0.636. The quantitative estimate of drug-likeness (QED) is 0.178. The van der Waals surface area contributed by atoms with Crippen LogP contribution in [0.3, 0.4) is 0 Å². The third-order valence-corrected chi connectivity index (χ3v) is 11.4. The van der Waals surface area contributed by atoms with Crippen LogP contribution in [0, 0.1) is 0 Å². The number of thiazole rings is 1. The molecular weight excluding hydrogens is 625 g/mol. The summed E-state index contributed by atoms with van der Waals surface area (Å²) >= 11 is 3.61. The van der Waals surface area contributed by atoms with Gasteiger partial charge in [0.25, 0.3) is 0 Å². The number of hydrogen-bond acceptors (Lipinski definition) is 6. The van der Waals surface area contributed by atoms with E-state index in [2.05, 4.69) is 84.9 Å².